The van der Waals surface area contributed by atoms with Crippen LogP contribution in [0, 0.1) is 0 Å². The van der Waals surface area contributed by atoms with Crippen molar-refractivity contribution in [1.29, 1.82) is 0 Å². The summed E-state index contributed by atoms with van der Waals surface area (Å²) in [5, 5.41) is 9.22. The Morgan fingerprint density at radius 2 is 1.78 bits per heavy atom. The number of nitrogens with zero attached hydrogens (tertiary/aromatic N) is 1. The Kier molecular flexibility index (Phi) is 11.9. The number of carboxylic acid groups (broad SMARTS) is 1. The van der Waals surface area contributed by atoms with Crippen LogP contribution in [0.5, 0.6) is 5.75 Å². The third-order valence-electron chi connectivity index (χ3n) is 5.73. The van der Waals surface area contributed by atoms with E-state index >= 15 is 0 Å². The Morgan fingerprint density at radius 3 is 2.41 bits per heavy atom. The van der Waals surface area contributed by atoms with E-state index in [0.717, 1.165) is 50.5 Å². The molecule has 1 atom stereocenters. The molecule has 0 heterocycles. The van der Waals surface area contributed by atoms with E-state index in [0.29, 0.717) is 38.5 Å². The van der Waals surface area contributed by atoms with Crippen molar-refractivity contribution in [2.45, 2.75) is 83.8 Å². The van der Waals surface area contributed by atoms with Gasteiger partial charge in [-0.3, -0.25) is 0 Å². The van der Waals surface area contributed by atoms with Crippen LogP contribution in [0.3, 0.4) is 0 Å². The fraction of sp³-hybridized carbons (Fsp3) is 0.680. The summed E-state index contributed by atoms with van der Waals surface area (Å²) in [6, 6.07) is 7.34. The van der Waals surface area contributed by atoms with Gasteiger partial charge >= 0.3 is 12.1 Å². The lowest BCUT2D eigenvalue weighted by molar-refractivity contribution is -0.149. The van der Waals surface area contributed by atoms with Gasteiger partial charge in [-0.2, -0.15) is 0 Å². The van der Waals surface area contributed by atoms with E-state index in [1.54, 1.807) is 11.8 Å². The molecule has 1 amide bonds. The van der Waals surface area contributed by atoms with Crippen LogP contribution in [0.15, 0.2) is 24.3 Å². The number of hydrogen-bond donors (Lipinski definition) is 1. The van der Waals surface area contributed by atoms with Crippen LogP contribution in [-0.4, -0.2) is 60.6 Å². The molecule has 7 nitrogen and oxygen atoms in total. The molecular weight excluding hydrogens is 410 g/mol. The van der Waals surface area contributed by atoms with Gasteiger partial charge in [-0.25, -0.2) is 9.59 Å². The average Bonchev–Trinajstić information content (AvgIpc) is 2.79. The number of unbranched alkanes of at least 4 members (excludes halogenated alkanes) is 2. The highest BCUT2D eigenvalue weighted by molar-refractivity contribution is 5.72. The van der Waals surface area contributed by atoms with Gasteiger partial charge in [0.15, 0.2) is 6.10 Å². The lowest BCUT2D eigenvalue weighted by Crippen LogP contribution is -2.38. The van der Waals surface area contributed by atoms with Crippen molar-refractivity contribution in [1.82, 2.24) is 4.90 Å². The number of carboxylic acids is 1. The molecule has 0 aromatic heterocycles. The van der Waals surface area contributed by atoms with E-state index in [-0.39, 0.29) is 12.2 Å². The maximum atomic E-state index is 12.7. The number of rotatable bonds is 14. The molecule has 1 aliphatic carbocycles. The molecule has 1 aliphatic rings. The lowest BCUT2D eigenvalue weighted by Gasteiger charge is -2.27. The molecule has 0 aliphatic heterocycles. The van der Waals surface area contributed by atoms with Crippen LogP contribution < -0.4 is 4.74 Å². The van der Waals surface area contributed by atoms with E-state index in [1.165, 1.54) is 6.42 Å². The van der Waals surface area contributed by atoms with E-state index < -0.39 is 12.1 Å². The molecule has 0 saturated heterocycles. The van der Waals surface area contributed by atoms with Gasteiger partial charge < -0.3 is 24.2 Å². The number of amides is 1. The number of carbonyl (C=O) groups excluding carboxylic acids is 1. The van der Waals surface area contributed by atoms with E-state index in [1.807, 2.05) is 24.3 Å². The average molecular weight is 450 g/mol. The van der Waals surface area contributed by atoms with Crippen molar-refractivity contribution in [3.8, 4) is 5.75 Å². The Bertz CT molecular complexity index is 672. The van der Waals surface area contributed by atoms with Gasteiger partial charge in [0.2, 0.25) is 0 Å². The van der Waals surface area contributed by atoms with Crippen molar-refractivity contribution >= 4 is 12.1 Å². The highest BCUT2D eigenvalue weighted by Gasteiger charge is 2.22. The predicted octanol–water partition coefficient (Wildman–Crippen LogP) is 5.06. The standard InChI is InChI=1S/C25H39NO6/c1-3-5-9-16-26(25(29)32-22-10-7-6-8-11-22)17-18-31-21-14-12-20(13-15-21)19-23(24(27)28)30-4-2/h12-15,22-23H,3-11,16-19H2,1-2H3,(H,27,28). The zero-order chi connectivity index (χ0) is 23.2. The summed E-state index contributed by atoms with van der Waals surface area (Å²) in [4.78, 5) is 25.7. The molecule has 0 bridgehead atoms. The SMILES string of the molecule is CCCCCN(CCOc1ccc(CC(OCC)C(=O)O)cc1)C(=O)OC1CCCCC1. The van der Waals surface area contributed by atoms with Gasteiger partial charge in [-0.1, -0.05) is 38.3 Å². The van der Waals surface area contributed by atoms with Crippen molar-refractivity contribution in [3.05, 3.63) is 29.8 Å². The fourth-order valence-corrected chi connectivity index (χ4v) is 3.88. The maximum Gasteiger partial charge on any atom is 0.410 e. The largest absolute Gasteiger partial charge is 0.492 e. The van der Waals surface area contributed by atoms with Crippen molar-refractivity contribution in [2.24, 2.45) is 0 Å². The Labute approximate surface area is 192 Å². The number of ether oxygens (including phenoxy) is 3. The van der Waals surface area contributed by atoms with Crippen LogP contribution in [0.1, 0.15) is 70.8 Å². The summed E-state index contributed by atoms with van der Waals surface area (Å²) in [5.74, 6) is -0.276. The Balaban J connectivity index is 1.83. The minimum absolute atomic E-state index is 0.0460. The Hall–Kier alpha value is -2.28. The second-order valence-electron chi connectivity index (χ2n) is 8.32. The topological polar surface area (TPSA) is 85.3 Å². The molecular formula is C25H39NO6. The highest BCUT2D eigenvalue weighted by Crippen LogP contribution is 2.21. The summed E-state index contributed by atoms with van der Waals surface area (Å²) in [7, 11) is 0. The molecule has 1 fully saturated rings. The number of carbonyl (C=O) groups is 2. The summed E-state index contributed by atoms with van der Waals surface area (Å²) in [5.41, 5.74) is 0.871. The van der Waals surface area contributed by atoms with Gasteiger partial charge in [0.25, 0.3) is 0 Å². The summed E-state index contributed by atoms with van der Waals surface area (Å²) >= 11 is 0. The molecule has 1 saturated carbocycles. The van der Waals surface area contributed by atoms with Gasteiger partial charge in [-0.15, -0.1) is 0 Å². The van der Waals surface area contributed by atoms with Gasteiger partial charge in [0, 0.05) is 19.6 Å². The first-order chi connectivity index (χ1) is 15.5. The quantitative estimate of drug-likeness (QED) is 0.400. The number of hydrogen-bond acceptors (Lipinski definition) is 5. The van der Waals surface area contributed by atoms with Crippen LogP contribution >= 0.6 is 0 Å². The van der Waals surface area contributed by atoms with E-state index in [4.69, 9.17) is 14.2 Å². The summed E-state index contributed by atoms with van der Waals surface area (Å²) < 4.78 is 16.9. The molecule has 1 unspecified atom stereocenters. The first kappa shape index (κ1) is 26.0. The summed E-state index contributed by atoms with van der Waals surface area (Å²) in [6.45, 7) is 5.81. The summed E-state index contributed by atoms with van der Waals surface area (Å²) in [6.07, 6.45) is 7.81. The second kappa shape index (κ2) is 14.7. The van der Waals surface area contributed by atoms with Crippen molar-refractivity contribution in [2.75, 3.05) is 26.3 Å². The van der Waals surface area contributed by atoms with Gasteiger partial charge in [-0.05, 0) is 56.7 Å². The molecule has 2 rings (SSSR count). The Morgan fingerprint density at radius 1 is 1.06 bits per heavy atom. The molecule has 1 aromatic rings. The van der Waals surface area contributed by atoms with Crippen LogP contribution in [0.25, 0.3) is 0 Å². The van der Waals surface area contributed by atoms with E-state index in [9.17, 15) is 14.7 Å². The van der Waals surface area contributed by atoms with Crippen molar-refractivity contribution in [3.63, 3.8) is 0 Å². The minimum atomic E-state index is -0.963. The third-order valence-corrected chi connectivity index (χ3v) is 5.73. The molecule has 1 aromatic carbocycles. The van der Waals surface area contributed by atoms with Gasteiger partial charge in [0.1, 0.15) is 18.5 Å². The smallest absolute Gasteiger partial charge is 0.410 e. The zero-order valence-electron chi connectivity index (χ0n) is 19.6. The molecule has 32 heavy (non-hydrogen) atoms. The normalized spacial score (nSPS) is 15.2. The number of benzene rings is 1. The van der Waals surface area contributed by atoms with E-state index in [2.05, 4.69) is 6.92 Å². The third kappa shape index (κ3) is 9.47. The van der Waals surface area contributed by atoms with Crippen LogP contribution in [0.4, 0.5) is 4.79 Å². The predicted molar refractivity (Wildman–Crippen MR) is 123 cm³/mol. The molecule has 1 N–H and O–H groups in total. The number of aliphatic carboxylic acids is 1. The fourth-order valence-electron chi connectivity index (χ4n) is 3.88. The second-order valence-corrected chi connectivity index (χ2v) is 8.32. The minimum Gasteiger partial charge on any atom is -0.492 e. The molecule has 7 heteroatoms. The van der Waals surface area contributed by atoms with Crippen LogP contribution in [0.2, 0.25) is 0 Å². The monoisotopic (exact) mass is 449 g/mol. The first-order valence-corrected chi connectivity index (χ1v) is 12.0. The van der Waals surface area contributed by atoms with Crippen molar-refractivity contribution < 1.29 is 28.9 Å². The lowest BCUT2D eigenvalue weighted by atomic mass is 9.98. The molecule has 0 radical (unpaired) electrons. The van der Waals surface area contributed by atoms with Crippen LogP contribution in [-0.2, 0) is 20.7 Å². The first-order valence-electron chi connectivity index (χ1n) is 12.0. The highest BCUT2D eigenvalue weighted by atomic mass is 16.6. The zero-order valence-corrected chi connectivity index (χ0v) is 19.6. The van der Waals surface area contributed by atoms with Gasteiger partial charge in [0.05, 0.1) is 6.54 Å². The molecule has 180 valence electrons. The molecule has 0 spiro atoms. The maximum absolute atomic E-state index is 12.7.